The van der Waals surface area contributed by atoms with Crippen LogP contribution in [0.1, 0.15) is 31.4 Å². The molecule has 0 aliphatic heterocycles. The highest BCUT2D eigenvalue weighted by Gasteiger charge is 2.30. The van der Waals surface area contributed by atoms with E-state index in [0.29, 0.717) is 30.3 Å². The van der Waals surface area contributed by atoms with Crippen molar-refractivity contribution in [3.63, 3.8) is 0 Å². The van der Waals surface area contributed by atoms with Gasteiger partial charge in [0.15, 0.2) is 0 Å². The Morgan fingerprint density at radius 2 is 1.90 bits per heavy atom. The third-order valence-electron chi connectivity index (χ3n) is 4.75. The molecule has 3 rings (SSSR count). The first-order valence-corrected chi connectivity index (χ1v) is 9.54. The summed E-state index contributed by atoms with van der Waals surface area (Å²) >= 11 is 0. The van der Waals surface area contributed by atoms with Gasteiger partial charge in [-0.1, -0.05) is 38.5 Å². The summed E-state index contributed by atoms with van der Waals surface area (Å²) in [5.74, 6) is 1.29. The number of rotatable bonds is 8. The van der Waals surface area contributed by atoms with Crippen molar-refractivity contribution in [1.29, 1.82) is 0 Å². The highest BCUT2D eigenvalue weighted by Crippen LogP contribution is 2.31. The van der Waals surface area contributed by atoms with Gasteiger partial charge < -0.3 is 10.1 Å². The molecular formula is C22H24F3N3O. The Hall–Kier alpha value is -2.96. The number of benzene rings is 2. The molecule has 1 heterocycles. The summed E-state index contributed by atoms with van der Waals surface area (Å²) < 4.78 is 44.1. The minimum atomic E-state index is -4.35. The maximum atomic E-state index is 12.8. The molecule has 1 aromatic heterocycles. The predicted molar refractivity (Wildman–Crippen MR) is 108 cm³/mol. The van der Waals surface area contributed by atoms with E-state index in [4.69, 9.17) is 4.74 Å². The van der Waals surface area contributed by atoms with Crippen LogP contribution < -0.4 is 10.1 Å². The summed E-state index contributed by atoms with van der Waals surface area (Å²) in [4.78, 5) is 0. The van der Waals surface area contributed by atoms with E-state index in [0.717, 1.165) is 35.6 Å². The highest BCUT2D eigenvalue weighted by molar-refractivity contribution is 5.63. The highest BCUT2D eigenvalue weighted by atomic mass is 19.4. The Kier molecular flexibility index (Phi) is 6.46. The van der Waals surface area contributed by atoms with E-state index in [2.05, 4.69) is 29.4 Å². The smallest absolute Gasteiger partial charge is 0.416 e. The molecule has 0 aliphatic rings. The summed E-state index contributed by atoms with van der Waals surface area (Å²) in [5, 5.41) is 10.3. The van der Waals surface area contributed by atoms with Crippen LogP contribution in [0.5, 0.6) is 5.75 Å². The number of nitrogens with one attached hydrogen (secondary N) is 2. The number of alkyl halides is 3. The van der Waals surface area contributed by atoms with E-state index in [1.54, 1.807) is 6.20 Å². The van der Waals surface area contributed by atoms with Gasteiger partial charge in [0.2, 0.25) is 0 Å². The van der Waals surface area contributed by atoms with Crippen molar-refractivity contribution in [2.24, 2.45) is 5.92 Å². The minimum Gasteiger partial charge on any atom is -0.493 e. The molecule has 7 heteroatoms. The van der Waals surface area contributed by atoms with Crippen LogP contribution in [0.4, 0.5) is 18.9 Å². The van der Waals surface area contributed by atoms with E-state index in [9.17, 15) is 13.2 Å². The summed E-state index contributed by atoms with van der Waals surface area (Å²) in [6, 6.07) is 12.7. The largest absolute Gasteiger partial charge is 0.493 e. The third kappa shape index (κ3) is 5.53. The van der Waals surface area contributed by atoms with Crippen molar-refractivity contribution in [3.8, 4) is 17.0 Å². The van der Waals surface area contributed by atoms with Gasteiger partial charge in [-0.3, -0.25) is 5.10 Å². The van der Waals surface area contributed by atoms with Crippen LogP contribution >= 0.6 is 0 Å². The molecule has 3 aromatic rings. The van der Waals surface area contributed by atoms with Crippen molar-refractivity contribution in [3.05, 3.63) is 65.9 Å². The van der Waals surface area contributed by atoms with Crippen LogP contribution in [-0.2, 0) is 12.7 Å². The van der Waals surface area contributed by atoms with Crippen LogP contribution in [0.15, 0.2) is 54.7 Å². The molecule has 0 bridgehead atoms. The van der Waals surface area contributed by atoms with Crippen molar-refractivity contribution < 1.29 is 17.9 Å². The fraction of sp³-hybridized carbons (Fsp3) is 0.318. The fourth-order valence-corrected chi connectivity index (χ4v) is 2.77. The first-order valence-electron chi connectivity index (χ1n) is 9.54. The molecule has 0 saturated heterocycles. The van der Waals surface area contributed by atoms with Gasteiger partial charge in [-0.15, -0.1) is 0 Å². The number of halogens is 3. The number of aromatic nitrogens is 2. The topological polar surface area (TPSA) is 49.9 Å². The molecule has 29 heavy (non-hydrogen) atoms. The van der Waals surface area contributed by atoms with Gasteiger partial charge in [0.25, 0.3) is 0 Å². The Morgan fingerprint density at radius 1 is 1.14 bits per heavy atom. The number of hydrogen-bond donors (Lipinski definition) is 2. The molecule has 154 valence electrons. The number of ether oxygens (including phenoxy) is 1. The van der Waals surface area contributed by atoms with Gasteiger partial charge in [-0.2, -0.15) is 18.3 Å². The average Bonchev–Trinajstić information content (AvgIpc) is 3.19. The van der Waals surface area contributed by atoms with Crippen molar-refractivity contribution in [1.82, 2.24) is 10.2 Å². The number of aromatic amines is 1. The van der Waals surface area contributed by atoms with E-state index in [1.165, 1.54) is 12.1 Å². The lowest BCUT2D eigenvalue weighted by atomic mass is 10.1. The molecule has 0 aliphatic carbocycles. The van der Waals surface area contributed by atoms with E-state index in [-0.39, 0.29) is 0 Å². The summed E-state index contributed by atoms with van der Waals surface area (Å²) in [7, 11) is 0. The lowest BCUT2D eigenvalue weighted by molar-refractivity contribution is -0.137. The molecule has 0 spiro atoms. The molecule has 0 amide bonds. The van der Waals surface area contributed by atoms with E-state index < -0.39 is 11.7 Å². The van der Waals surface area contributed by atoms with Gasteiger partial charge in [0.05, 0.1) is 17.9 Å². The van der Waals surface area contributed by atoms with Crippen LogP contribution in [-0.4, -0.2) is 16.8 Å². The maximum absolute atomic E-state index is 12.8. The lowest BCUT2D eigenvalue weighted by Crippen LogP contribution is -2.07. The van der Waals surface area contributed by atoms with Gasteiger partial charge in [-0.25, -0.2) is 0 Å². The Morgan fingerprint density at radius 3 is 2.59 bits per heavy atom. The fourth-order valence-electron chi connectivity index (χ4n) is 2.77. The molecule has 4 nitrogen and oxygen atoms in total. The Bertz CT molecular complexity index is 920. The second-order valence-electron chi connectivity index (χ2n) is 7.04. The molecule has 0 radical (unpaired) electrons. The van der Waals surface area contributed by atoms with Crippen molar-refractivity contribution in [2.75, 3.05) is 11.9 Å². The predicted octanol–water partition coefficient (Wildman–Crippen LogP) is 6.13. The number of nitrogens with zero attached hydrogens (tertiary/aromatic N) is 1. The molecule has 1 atom stereocenters. The van der Waals surface area contributed by atoms with Crippen LogP contribution in [0, 0.1) is 5.92 Å². The number of hydrogen-bond acceptors (Lipinski definition) is 3. The van der Waals surface area contributed by atoms with Crippen LogP contribution in [0.2, 0.25) is 0 Å². The van der Waals surface area contributed by atoms with Gasteiger partial charge in [0, 0.05) is 35.6 Å². The molecule has 1 unspecified atom stereocenters. The maximum Gasteiger partial charge on any atom is 0.416 e. The molecular weight excluding hydrogens is 379 g/mol. The first kappa shape index (κ1) is 20.8. The van der Waals surface area contributed by atoms with Gasteiger partial charge in [-0.05, 0) is 30.2 Å². The lowest BCUT2D eigenvalue weighted by Gasteiger charge is -2.13. The molecule has 2 aromatic carbocycles. The monoisotopic (exact) mass is 403 g/mol. The zero-order valence-corrected chi connectivity index (χ0v) is 16.4. The number of anilines is 1. The second-order valence-corrected chi connectivity index (χ2v) is 7.04. The molecule has 0 fully saturated rings. The molecule has 0 saturated carbocycles. The summed E-state index contributed by atoms with van der Waals surface area (Å²) in [5.41, 5.74) is 2.32. The summed E-state index contributed by atoms with van der Waals surface area (Å²) in [6.07, 6.45) is -1.55. The van der Waals surface area contributed by atoms with Gasteiger partial charge >= 0.3 is 6.18 Å². The quantitative estimate of drug-likeness (QED) is 0.475. The zero-order valence-electron chi connectivity index (χ0n) is 16.4. The van der Waals surface area contributed by atoms with Gasteiger partial charge in [0.1, 0.15) is 5.75 Å². The Labute approximate surface area is 168 Å². The summed E-state index contributed by atoms with van der Waals surface area (Å²) in [6.45, 7) is 5.41. The standard InChI is InChI=1S/C22H24F3N3O/c1-3-15(2)14-29-20-6-4-5-19(11-20)26-12-17-13-27-28-21(17)16-7-9-18(10-8-16)22(23,24)25/h4-11,13,15,26H,3,12,14H2,1-2H3,(H,27,28). The third-order valence-corrected chi connectivity index (χ3v) is 4.75. The van der Waals surface area contributed by atoms with Crippen molar-refractivity contribution >= 4 is 5.69 Å². The minimum absolute atomic E-state index is 0.474. The van der Waals surface area contributed by atoms with E-state index in [1.807, 2.05) is 24.3 Å². The number of H-pyrrole nitrogens is 1. The normalized spacial score (nSPS) is 12.6. The van der Waals surface area contributed by atoms with Crippen molar-refractivity contribution in [2.45, 2.75) is 33.0 Å². The Balaban J connectivity index is 1.66. The molecule has 2 N–H and O–H groups in total. The SMILES string of the molecule is CCC(C)COc1cccc(NCc2c[nH]nc2-c2ccc(C(F)(F)F)cc2)c1. The van der Waals surface area contributed by atoms with Crippen LogP contribution in [0.25, 0.3) is 11.3 Å². The first-order chi connectivity index (χ1) is 13.9. The average molecular weight is 403 g/mol. The zero-order chi connectivity index (χ0) is 20.9. The van der Waals surface area contributed by atoms with Crippen LogP contribution in [0.3, 0.4) is 0 Å². The van der Waals surface area contributed by atoms with E-state index >= 15 is 0 Å². The second kappa shape index (κ2) is 9.03.